The molecular weight excluding hydrogens is 508 g/mol. The van der Waals surface area contributed by atoms with Crippen molar-refractivity contribution in [2.75, 3.05) is 13.2 Å². The van der Waals surface area contributed by atoms with Gasteiger partial charge in [-0.05, 0) is 12.8 Å². The van der Waals surface area contributed by atoms with E-state index in [1.165, 1.54) is 238 Å². The Balaban J connectivity index is 3.02. The van der Waals surface area contributed by atoms with E-state index in [4.69, 9.17) is 4.74 Å². The van der Waals surface area contributed by atoms with E-state index < -0.39 is 0 Å². The predicted octanol–water partition coefficient (Wildman–Crippen LogP) is 15.5. The lowest BCUT2D eigenvalue weighted by Crippen LogP contribution is -1.97. The number of hydrogen-bond acceptors (Lipinski definition) is 1. The minimum absolute atomic E-state index is 0.998. The van der Waals surface area contributed by atoms with Crippen LogP contribution in [0.4, 0.5) is 0 Å². The van der Waals surface area contributed by atoms with E-state index in [1.54, 1.807) is 0 Å². The third kappa shape index (κ3) is 40.0. The van der Waals surface area contributed by atoms with Crippen LogP contribution in [0.1, 0.15) is 251 Å². The molecule has 0 aromatic rings. The molecule has 0 N–H and O–H groups in total. The molecule has 0 fully saturated rings. The fraction of sp³-hybridized carbons (Fsp3) is 1.00. The second-order valence-electron chi connectivity index (χ2n) is 14.0. The normalized spacial score (nSPS) is 11.6. The van der Waals surface area contributed by atoms with Crippen LogP contribution in [0.2, 0.25) is 0 Å². The molecule has 0 heterocycles. The number of ether oxygens (including phenoxy) is 1. The van der Waals surface area contributed by atoms with E-state index >= 15 is 0 Å². The van der Waals surface area contributed by atoms with Gasteiger partial charge in [-0.2, -0.15) is 0 Å². The minimum atomic E-state index is 0.998. The van der Waals surface area contributed by atoms with Gasteiger partial charge in [0, 0.05) is 13.2 Å². The minimum Gasteiger partial charge on any atom is -0.381 e. The monoisotopic (exact) mass is 593 g/mol. The highest BCUT2D eigenvalue weighted by Crippen LogP contribution is 2.16. The summed E-state index contributed by atoms with van der Waals surface area (Å²) in [4.78, 5) is 0. The fourth-order valence-electron chi connectivity index (χ4n) is 6.49. The van der Waals surface area contributed by atoms with Crippen LogP contribution >= 0.6 is 0 Å². The lowest BCUT2D eigenvalue weighted by atomic mass is 10.0. The SMILES string of the molecule is CCCCCCCCCCCCCCCCCCCCCCCOCCCCCCCCCCCCCCCCCC. The summed E-state index contributed by atoms with van der Waals surface area (Å²) in [6, 6.07) is 0. The molecule has 0 unspecified atom stereocenters. The third-order valence-corrected chi connectivity index (χ3v) is 9.53. The molecule has 0 saturated carbocycles. The first kappa shape index (κ1) is 42.0. The van der Waals surface area contributed by atoms with E-state index in [1.807, 2.05) is 0 Å². The smallest absolute Gasteiger partial charge is 0.0466 e. The number of hydrogen-bond donors (Lipinski definition) is 0. The Morgan fingerprint density at radius 3 is 0.500 bits per heavy atom. The van der Waals surface area contributed by atoms with Gasteiger partial charge in [-0.15, -0.1) is 0 Å². The molecule has 0 bridgehead atoms. The molecule has 0 amide bonds. The average Bonchev–Trinajstić information content (AvgIpc) is 3.00. The average molecular weight is 593 g/mol. The van der Waals surface area contributed by atoms with Gasteiger partial charge in [0.25, 0.3) is 0 Å². The van der Waals surface area contributed by atoms with Gasteiger partial charge in [0.15, 0.2) is 0 Å². The van der Waals surface area contributed by atoms with E-state index in [0.29, 0.717) is 0 Å². The van der Waals surface area contributed by atoms with Gasteiger partial charge in [0.05, 0.1) is 0 Å². The molecule has 1 nitrogen and oxygen atoms in total. The highest BCUT2D eigenvalue weighted by atomic mass is 16.5. The Morgan fingerprint density at radius 2 is 0.333 bits per heavy atom. The summed E-state index contributed by atoms with van der Waals surface area (Å²) >= 11 is 0. The van der Waals surface area contributed by atoms with Crippen LogP contribution < -0.4 is 0 Å². The highest BCUT2D eigenvalue weighted by molar-refractivity contribution is 4.52. The summed E-state index contributed by atoms with van der Waals surface area (Å²) < 4.78 is 5.89. The van der Waals surface area contributed by atoms with Crippen molar-refractivity contribution in [3.63, 3.8) is 0 Å². The van der Waals surface area contributed by atoms with Crippen molar-refractivity contribution >= 4 is 0 Å². The first-order valence-electron chi connectivity index (χ1n) is 20.5. The molecule has 0 aliphatic carbocycles. The summed E-state index contributed by atoms with van der Waals surface area (Å²) in [5, 5.41) is 0. The second kappa shape index (κ2) is 41.0. The van der Waals surface area contributed by atoms with Crippen molar-refractivity contribution in [1.29, 1.82) is 0 Å². The highest BCUT2D eigenvalue weighted by Gasteiger charge is 1.97. The van der Waals surface area contributed by atoms with E-state index in [0.717, 1.165) is 13.2 Å². The van der Waals surface area contributed by atoms with Crippen LogP contribution in [0, 0.1) is 0 Å². The van der Waals surface area contributed by atoms with Gasteiger partial charge in [0.1, 0.15) is 0 Å². The molecule has 0 spiro atoms. The van der Waals surface area contributed by atoms with Crippen LogP contribution in [0.25, 0.3) is 0 Å². The molecule has 0 radical (unpaired) electrons. The quantitative estimate of drug-likeness (QED) is 0.0645. The van der Waals surface area contributed by atoms with Gasteiger partial charge >= 0.3 is 0 Å². The van der Waals surface area contributed by atoms with Gasteiger partial charge in [-0.3, -0.25) is 0 Å². The zero-order valence-corrected chi connectivity index (χ0v) is 30.0. The Morgan fingerprint density at radius 1 is 0.190 bits per heavy atom. The first-order chi connectivity index (χ1) is 20.9. The van der Waals surface area contributed by atoms with Crippen molar-refractivity contribution in [2.45, 2.75) is 251 Å². The standard InChI is InChI=1S/C41H84O/c1-3-5-7-9-11-13-15-17-19-21-22-23-24-25-27-29-31-33-35-37-39-41-42-40-38-36-34-32-30-28-26-20-18-16-14-12-10-8-6-4-2/h3-41H2,1-2H3. The Labute approximate surface area is 268 Å². The summed E-state index contributed by atoms with van der Waals surface area (Å²) in [5.41, 5.74) is 0. The summed E-state index contributed by atoms with van der Waals surface area (Å²) in [5.74, 6) is 0. The Kier molecular flexibility index (Phi) is 40.9. The van der Waals surface area contributed by atoms with Crippen LogP contribution in [0.5, 0.6) is 0 Å². The van der Waals surface area contributed by atoms with Crippen LogP contribution in [-0.2, 0) is 4.74 Å². The Bertz CT molecular complexity index is 393. The lowest BCUT2D eigenvalue weighted by Gasteiger charge is -2.06. The Hall–Kier alpha value is -0.0400. The van der Waals surface area contributed by atoms with E-state index in [2.05, 4.69) is 13.8 Å². The molecule has 0 aromatic carbocycles. The maximum absolute atomic E-state index is 5.89. The number of unbranched alkanes of at least 4 members (excludes halogenated alkanes) is 35. The first-order valence-corrected chi connectivity index (χ1v) is 20.5. The maximum atomic E-state index is 5.89. The summed E-state index contributed by atoms with van der Waals surface area (Å²) in [6.07, 6.45) is 53.5. The fourth-order valence-corrected chi connectivity index (χ4v) is 6.49. The van der Waals surface area contributed by atoms with Crippen molar-refractivity contribution in [1.82, 2.24) is 0 Å². The molecule has 1 heteroatoms. The molecule has 0 aliphatic rings. The van der Waals surface area contributed by atoms with E-state index in [-0.39, 0.29) is 0 Å². The lowest BCUT2D eigenvalue weighted by molar-refractivity contribution is 0.125. The molecule has 0 aliphatic heterocycles. The molecule has 254 valence electrons. The zero-order valence-electron chi connectivity index (χ0n) is 30.0. The maximum Gasteiger partial charge on any atom is 0.0466 e. The van der Waals surface area contributed by atoms with Crippen molar-refractivity contribution in [3.8, 4) is 0 Å². The van der Waals surface area contributed by atoms with Gasteiger partial charge in [-0.25, -0.2) is 0 Å². The molecule has 42 heavy (non-hydrogen) atoms. The van der Waals surface area contributed by atoms with Crippen molar-refractivity contribution in [3.05, 3.63) is 0 Å². The zero-order chi connectivity index (χ0) is 30.3. The second-order valence-corrected chi connectivity index (χ2v) is 14.0. The third-order valence-electron chi connectivity index (χ3n) is 9.53. The molecule has 0 saturated heterocycles. The van der Waals surface area contributed by atoms with E-state index in [9.17, 15) is 0 Å². The number of rotatable bonds is 39. The summed E-state index contributed by atoms with van der Waals surface area (Å²) in [6.45, 7) is 6.61. The summed E-state index contributed by atoms with van der Waals surface area (Å²) in [7, 11) is 0. The van der Waals surface area contributed by atoms with Gasteiger partial charge in [0.2, 0.25) is 0 Å². The molecule has 0 atom stereocenters. The van der Waals surface area contributed by atoms with Crippen LogP contribution in [0.15, 0.2) is 0 Å². The van der Waals surface area contributed by atoms with Crippen LogP contribution in [-0.4, -0.2) is 13.2 Å². The van der Waals surface area contributed by atoms with Crippen molar-refractivity contribution in [2.24, 2.45) is 0 Å². The largest absolute Gasteiger partial charge is 0.381 e. The van der Waals surface area contributed by atoms with Gasteiger partial charge < -0.3 is 4.74 Å². The van der Waals surface area contributed by atoms with Crippen LogP contribution in [0.3, 0.4) is 0 Å². The van der Waals surface area contributed by atoms with Gasteiger partial charge in [-0.1, -0.05) is 239 Å². The molecule has 0 aromatic heterocycles. The van der Waals surface area contributed by atoms with Crippen molar-refractivity contribution < 1.29 is 4.74 Å². The predicted molar refractivity (Wildman–Crippen MR) is 193 cm³/mol. The molecule has 0 rings (SSSR count). The topological polar surface area (TPSA) is 9.23 Å². The molecular formula is C41H84O.